The molecular weight excluding hydrogens is 444 g/mol. The molecule has 8 nitrogen and oxygen atoms in total. The third-order valence-corrected chi connectivity index (χ3v) is 5.50. The molecule has 29 heavy (non-hydrogen) atoms. The van der Waals surface area contributed by atoms with E-state index in [0.29, 0.717) is 10.5 Å². The standard InChI is InChI=1S/C20H27BrN2O6/c1-20(2,3)13(9-17(24)28-4)18(25)23-10-12(8-14(23)19(26)27)11-29-16-7-5-6-15(21)22-16/h5-7,12-14H,8-11H2,1-4H3,(H,26,27)/t12-,13-,14+/m1/s1. The minimum Gasteiger partial charge on any atom is -0.480 e. The molecule has 2 heterocycles. The third-order valence-electron chi connectivity index (χ3n) is 5.05. The average Bonchev–Trinajstić information content (AvgIpc) is 3.07. The van der Waals surface area contributed by atoms with Crippen LogP contribution in [0.3, 0.4) is 0 Å². The Morgan fingerprint density at radius 1 is 1.34 bits per heavy atom. The Morgan fingerprint density at radius 3 is 2.59 bits per heavy atom. The number of carboxylic acid groups (broad SMARTS) is 1. The highest BCUT2D eigenvalue weighted by molar-refractivity contribution is 9.10. The smallest absolute Gasteiger partial charge is 0.326 e. The second-order valence-electron chi connectivity index (χ2n) is 8.25. The molecule has 0 aliphatic carbocycles. The first-order chi connectivity index (χ1) is 13.5. The van der Waals surface area contributed by atoms with Gasteiger partial charge in [-0.2, -0.15) is 0 Å². The number of nitrogens with zero attached hydrogens (tertiary/aromatic N) is 2. The van der Waals surface area contributed by atoms with Crippen LogP contribution in [0.15, 0.2) is 22.8 Å². The van der Waals surface area contributed by atoms with Gasteiger partial charge in [0.25, 0.3) is 0 Å². The number of halogens is 1. The van der Waals surface area contributed by atoms with Crippen LogP contribution in [0.2, 0.25) is 0 Å². The fourth-order valence-electron chi connectivity index (χ4n) is 3.41. The van der Waals surface area contributed by atoms with Crippen LogP contribution in [-0.2, 0) is 19.1 Å². The first-order valence-electron chi connectivity index (χ1n) is 9.38. The zero-order chi connectivity index (χ0) is 21.8. The van der Waals surface area contributed by atoms with Crippen LogP contribution in [0.5, 0.6) is 5.88 Å². The Kier molecular flexibility index (Phi) is 7.62. The molecular formula is C20H27BrN2O6. The van der Waals surface area contributed by atoms with Gasteiger partial charge < -0.3 is 19.5 Å². The fraction of sp³-hybridized carbons (Fsp3) is 0.600. The summed E-state index contributed by atoms with van der Waals surface area (Å²) in [6.07, 6.45) is 0.189. The van der Waals surface area contributed by atoms with Crippen LogP contribution >= 0.6 is 15.9 Å². The lowest BCUT2D eigenvalue weighted by Crippen LogP contribution is -2.47. The lowest BCUT2D eigenvalue weighted by molar-refractivity contribution is -0.154. The molecule has 1 aromatic rings. The van der Waals surface area contributed by atoms with Crippen molar-refractivity contribution >= 4 is 33.8 Å². The van der Waals surface area contributed by atoms with Crippen LogP contribution in [0.25, 0.3) is 0 Å². The van der Waals surface area contributed by atoms with E-state index >= 15 is 0 Å². The number of likely N-dealkylation sites (tertiary alicyclic amines) is 1. The molecule has 1 aliphatic rings. The van der Waals surface area contributed by atoms with E-state index in [-0.39, 0.29) is 37.8 Å². The first-order valence-corrected chi connectivity index (χ1v) is 10.2. The largest absolute Gasteiger partial charge is 0.480 e. The number of carbonyl (C=O) groups excluding carboxylic acids is 2. The lowest BCUT2D eigenvalue weighted by Gasteiger charge is -2.33. The topological polar surface area (TPSA) is 106 Å². The normalized spacial score (nSPS) is 20.2. The van der Waals surface area contributed by atoms with E-state index in [1.807, 2.05) is 20.8 Å². The molecule has 1 aliphatic heterocycles. The molecule has 2 rings (SSSR count). The molecule has 0 aromatic carbocycles. The molecule has 1 fully saturated rings. The number of hydrogen-bond donors (Lipinski definition) is 1. The molecule has 0 radical (unpaired) electrons. The monoisotopic (exact) mass is 470 g/mol. The number of ether oxygens (including phenoxy) is 2. The maximum atomic E-state index is 13.2. The van der Waals surface area contributed by atoms with E-state index in [2.05, 4.69) is 20.9 Å². The summed E-state index contributed by atoms with van der Waals surface area (Å²) in [5.41, 5.74) is -0.525. The summed E-state index contributed by atoms with van der Waals surface area (Å²) in [5.74, 6) is -2.31. The molecule has 9 heteroatoms. The molecule has 160 valence electrons. The van der Waals surface area contributed by atoms with E-state index < -0.39 is 29.3 Å². The van der Waals surface area contributed by atoms with Crippen LogP contribution in [0.4, 0.5) is 0 Å². The molecule has 0 bridgehead atoms. The summed E-state index contributed by atoms with van der Waals surface area (Å²) >= 11 is 3.27. The van der Waals surface area contributed by atoms with Crippen molar-refractivity contribution in [2.24, 2.45) is 17.3 Å². The first kappa shape index (κ1) is 23.1. The number of esters is 1. The van der Waals surface area contributed by atoms with Crippen molar-refractivity contribution in [3.63, 3.8) is 0 Å². The molecule has 3 atom stereocenters. The zero-order valence-corrected chi connectivity index (χ0v) is 18.6. The van der Waals surface area contributed by atoms with Crippen molar-refractivity contribution in [3.05, 3.63) is 22.8 Å². The fourth-order valence-corrected chi connectivity index (χ4v) is 3.74. The van der Waals surface area contributed by atoms with Crippen molar-refractivity contribution in [2.45, 2.75) is 39.7 Å². The van der Waals surface area contributed by atoms with Gasteiger partial charge in [0.15, 0.2) is 0 Å². The zero-order valence-electron chi connectivity index (χ0n) is 17.1. The van der Waals surface area contributed by atoms with Crippen molar-refractivity contribution in [1.82, 2.24) is 9.88 Å². The predicted molar refractivity (Wildman–Crippen MR) is 108 cm³/mol. The SMILES string of the molecule is COC(=O)C[C@H](C(=O)N1C[C@H](COc2cccc(Br)n2)C[C@H]1C(=O)O)C(C)(C)C. The Morgan fingerprint density at radius 2 is 2.03 bits per heavy atom. The van der Waals surface area contributed by atoms with Gasteiger partial charge in [0.1, 0.15) is 10.6 Å². The van der Waals surface area contributed by atoms with Crippen LogP contribution in [-0.4, -0.2) is 59.1 Å². The highest BCUT2D eigenvalue weighted by Gasteiger charge is 2.45. The second kappa shape index (κ2) is 9.56. The number of aromatic nitrogens is 1. The van der Waals surface area contributed by atoms with Gasteiger partial charge in [-0.1, -0.05) is 26.8 Å². The number of methoxy groups -OCH3 is 1. The Balaban J connectivity index is 2.13. The second-order valence-corrected chi connectivity index (χ2v) is 9.07. The average molecular weight is 471 g/mol. The maximum absolute atomic E-state index is 13.2. The van der Waals surface area contributed by atoms with Crippen molar-refractivity contribution in [2.75, 3.05) is 20.3 Å². The summed E-state index contributed by atoms with van der Waals surface area (Å²) in [6, 6.07) is 4.33. The number of hydrogen-bond acceptors (Lipinski definition) is 6. The highest BCUT2D eigenvalue weighted by Crippen LogP contribution is 2.34. The van der Waals surface area contributed by atoms with Crippen molar-refractivity contribution in [1.29, 1.82) is 0 Å². The van der Waals surface area contributed by atoms with Crippen LogP contribution < -0.4 is 4.74 Å². The van der Waals surface area contributed by atoms with E-state index in [1.165, 1.54) is 12.0 Å². The van der Waals surface area contributed by atoms with Gasteiger partial charge in [0.05, 0.1) is 26.1 Å². The Hall–Kier alpha value is -2.16. The number of aliphatic carboxylic acids is 1. The highest BCUT2D eigenvalue weighted by atomic mass is 79.9. The van der Waals surface area contributed by atoms with Crippen LogP contribution in [0.1, 0.15) is 33.6 Å². The minimum atomic E-state index is -1.06. The number of amides is 1. The summed E-state index contributed by atoms with van der Waals surface area (Å²) in [7, 11) is 1.27. The van der Waals surface area contributed by atoms with Crippen LogP contribution in [0, 0.1) is 17.3 Å². The van der Waals surface area contributed by atoms with Gasteiger partial charge in [-0.05, 0) is 33.8 Å². The van der Waals surface area contributed by atoms with Gasteiger partial charge in [-0.25, -0.2) is 9.78 Å². The minimum absolute atomic E-state index is 0.0925. The summed E-state index contributed by atoms with van der Waals surface area (Å²) in [6.45, 7) is 6.05. The third kappa shape index (κ3) is 6.16. The predicted octanol–water partition coefficient (Wildman–Crippen LogP) is 2.75. The molecule has 0 saturated carbocycles. The molecule has 1 amide bonds. The quantitative estimate of drug-likeness (QED) is 0.482. The van der Waals surface area contributed by atoms with Gasteiger partial charge in [0.2, 0.25) is 11.8 Å². The molecule has 0 unspecified atom stereocenters. The van der Waals surface area contributed by atoms with Gasteiger partial charge in [-0.15, -0.1) is 0 Å². The number of pyridine rings is 1. The lowest BCUT2D eigenvalue weighted by atomic mass is 9.77. The summed E-state index contributed by atoms with van der Waals surface area (Å²) in [4.78, 5) is 42.4. The Labute approximate surface area is 178 Å². The molecule has 1 saturated heterocycles. The molecule has 0 spiro atoms. The molecule has 1 N–H and O–H groups in total. The molecule has 1 aromatic heterocycles. The van der Waals surface area contributed by atoms with Gasteiger partial charge in [0, 0.05) is 18.5 Å². The van der Waals surface area contributed by atoms with E-state index in [0.717, 1.165) is 0 Å². The van der Waals surface area contributed by atoms with E-state index in [4.69, 9.17) is 9.47 Å². The maximum Gasteiger partial charge on any atom is 0.326 e. The van der Waals surface area contributed by atoms with Crippen molar-refractivity contribution < 1.29 is 29.0 Å². The Bertz CT molecular complexity index is 764. The van der Waals surface area contributed by atoms with E-state index in [1.54, 1.807) is 18.2 Å². The van der Waals surface area contributed by atoms with Gasteiger partial charge >= 0.3 is 11.9 Å². The van der Waals surface area contributed by atoms with Gasteiger partial charge in [-0.3, -0.25) is 9.59 Å². The number of rotatable bonds is 7. The number of carboxylic acids is 1. The summed E-state index contributed by atoms with van der Waals surface area (Å²) < 4.78 is 11.1. The van der Waals surface area contributed by atoms with E-state index in [9.17, 15) is 19.5 Å². The summed E-state index contributed by atoms with van der Waals surface area (Å²) in [5, 5.41) is 9.64. The van der Waals surface area contributed by atoms with Crippen molar-refractivity contribution in [3.8, 4) is 5.88 Å². The number of carbonyl (C=O) groups is 3.